The minimum absolute atomic E-state index is 0.218. The van der Waals surface area contributed by atoms with Crippen molar-refractivity contribution in [2.24, 2.45) is 5.73 Å². The molecule has 0 heterocycles. The number of carboxylic acid groups (broad SMARTS) is 1. The number of anilines is 1. The third kappa shape index (κ3) is 4.46. The Hall–Kier alpha value is -1.73. The highest BCUT2D eigenvalue weighted by molar-refractivity contribution is 7.98. The van der Waals surface area contributed by atoms with E-state index in [1.165, 1.54) is 18.2 Å². The first-order valence-corrected chi connectivity index (χ1v) is 6.96. The van der Waals surface area contributed by atoms with E-state index in [1.807, 2.05) is 6.26 Å². The van der Waals surface area contributed by atoms with Gasteiger partial charge in [-0.15, -0.1) is 0 Å². The van der Waals surface area contributed by atoms with E-state index in [-0.39, 0.29) is 11.5 Å². The number of hydrogen-bond acceptors (Lipinski definition) is 5. The van der Waals surface area contributed by atoms with Crippen LogP contribution in [0.3, 0.4) is 0 Å². The minimum atomic E-state index is -1.23. The molecule has 0 aromatic heterocycles. The van der Waals surface area contributed by atoms with Crippen LogP contribution in [0.25, 0.3) is 0 Å². The lowest BCUT2D eigenvalue weighted by Crippen LogP contribution is -2.36. The van der Waals surface area contributed by atoms with E-state index in [4.69, 9.17) is 10.8 Å². The number of rotatable bonds is 6. The fourth-order valence-corrected chi connectivity index (χ4v) is 1.89. The number of hydrogen-bond donors (Lipinski definition) is 4. The van der Waals surface area contributed by atoms with Gasteiger partial charge < -0.3 is 21.3 Å². The molecule has 1 amide bonds. The Bertz CT molecular complexity index is 479. The molecule has 19 heavy (non-hydrogen) atoms. The number of amides is 1. The molecule has 104 valence electrons. The zero-order chi connectivity index (χ0) is 14.4. The van der Waals surface area contributed by atoms with Gasteiger partial charge in [0.2, 0.25) is 5.91 Å². The van der Waals surface area contributed by atoms with Gasteiger partial charge in [-0.05, 0) is 30.6 Å². The molecule has 0 unspecified atom stereocenters. The van der Waals surface area contributed by atoms with Gasteiger partial charge in [0, 0.05) is 11.8 Å². The quantitative estimate of drug-likeness (QED) is 0.622. The highest BCUT2D eigenvalue weighted by Gasteiger charge is 2.15. The summed E-state index contributed by atoms with van der Waals surface area (Å²) in [5.41, 5.74) is 5.78. The van der Waals surface area contributed by atoms with E-state index in [1.54, 1.807) is 11.8 Å². The van der Waals surface area contributed by atoms with Gasteiger partial charge in [-0.1, -0.05) is 0 Å². The van der Waals surface area contributed by atoms with Gasteiger partial charge in [0.25, 0.3) is 0 Å². The zero-order valence-corrected chi connectivity index (χ0v) is 11.2. The third-order valence-corrected chi connectivity index (χ3v) is 3.11. The van der Waals surface area contributed by atoms with Crippen molar-refractivity contribution in [3.8, 4) is 5.75 Å². The Balaban J connectivity index is 2.70. The Morgan fingerprint density at radius 3 is 2.68 bits per heavy atom. The molecule has 1 rings (SSSR count). The Kier molecular flexibility index (Phi) is 5.65. The maximum atomic E-state index is 11.7. The average molecular weight is 284 g/mol. The maximum Gasteiger partial charge on any atom is 0.339 e. The zero-order valence-electron chi connectivity index (χ0n) is 10.4. The molecule has 0 bridgehead atoms. The number of phenols is 1. The number of carbonyl (C=O) groups is 2. The van der Waals surface area contributed by atoms with Crippen molar-refractivity contribution < 1.29 is 19.8 Å². The molecule has 1 aromatic carbocycles. The second kappa shape index (κ2) is 7.01. The summed E-state index contributed by atoms with van der Waals surface area (Å²) >= 11 is 1.60. The molecule has 5 N–H and O–H groups in total. The number of nitrogens with one attached hydrogen (secondary N) is 1. The Morgan fingerprint density at radius 1 is 1.47 bits per heavy atom. The molecule has 0 radical (unpaired) electrons. The molecule has 0 spiro atoms. The molecule has 7 heteroatoms. The number of benzene rings is 1. The van der Waals surface area contributed by atoms with Crippen LogP contribution >= 0.6 is 11.8 Å². The first-order valence-electron chi connectivity index (χ1n) is 5.57. The molecule has 0 aliphatic rings. The largest absolute Gasteiger partial charge is 0.507 e. The lowest BCUT2D eigenvalue weighted by Gasteiger charge is -2.12. The summed E-state index contributed by atoms with van der Waals surface area (Å²) in [5, 5.41) is 20.8. The van der Waals surface area contributed by atoms with Gasteiger partial charge in [0.15, 0.2) is 0 Å². The SMILES string of the molecule is CSCC[C@H](N)C(=O)Nc1ccc(C(=O)O)c(O)c1. The number of nitrogens with two attached hydrogens (primary N) is 1. The Labute approximate surface area is 115 Å². The molecule has 1 aromatic rings. The number of aromatic hydroxyl groups is 1. The van der Waals surface area contributed by atoms with E-state index in [0.29, 0.717) is 12.1 Å². The van der Waals surface area contributed by atoms with E-state index >= 15 is 0 Å². The molecular formula is C12H16N2O4S. The van der Waals surface area contributed by atoms with Gasteiger partial charge >= 0.3 is 5.97 Å². The van der Waals surface area contributed by atoms with Crippen molar-refractivity contribution in [3.05, 3.63) is 23.8 Å². The number of thioether (sulfide) groups is 1. The molecule has 0 saturated carbocycles. The average Bonchev–Trinajstić information content (AvgIpc) is 2.35. The van der Waals surface area contributed by atoms with Crippen LogP contribution in [0.1, 0.15) is 16.8 Å². The molecule has 1 atom stereocenters. The lowest BCUT2D eigenvalue weighted by molar-refractivity contribution is -0.117. The van der Waals surface area contributed by atoms with Crippen LogP contribution in [-0.2, 0) is 4.79 Å². The summed E-state index contributed by atoms with van der Waals surface area (Å²) in [4.78, 5) is 22.4. The van der Waals surface area contributed by atoms with Crippen LogP contribution in [-0.4, -0.2) is 40.1 Å². The molecule has 6 nitrogen and oxygen atoms in total. The van der Waals surface area contributed by atoms with Crippen LogP contribution < -0.4 is 11.1 Å². The smallest absolute Gasteiger partial charge is 0.339 e. The van der Waals surface area contributed by atoms with Crippen molar-refractivity contribution in [2.45, 2.75) is 12.5 Å². The number of carboxylic acids is 1. The van der Waals surface area contributed by atoms with Crippen molar-refractivity contribution in [1.29, 1.82) is 0 Å². The predicted molar refractivity (Wildman–Crippen MR) is 74.7 cm³/mol. The van der Waals surface area contributed by atoms with Gasteiger partial charge in [0.1, 0.15) is 11.3 Å². The first-order chi connectivity index (χ1) is 8.95. The van der Waals surface area contributed by atoms with Gasteiger partial charge in [-0.25, -0.2) is 4.79 Å². The molecular weight excluding hydrogens is 268 g/mol. The monoisotopic (exact) mass is 284 g/mol. The molecule has 0 fully saturated rings. The third-order valence-electron chi connectivity index (χ3n) is 2.47. The molecule has 0 saturated heterocycles. The van der Waals surface area contributed by atoms with Crippen molar-refractivity contribution in [2.75, 3.05) is 17.3 Å². The van der Waals surface area contributed by atoms with E-state index in [9.17, 15) is 14.7 Å². The standard InChI is InChI=1S/C12H16N2O4S/c1-19-5-4-9(13)11(16)14-7-2-3-8(12(17)18)10(15)6-7/h2-3,6,9,15H,4-5,13H2,1H3,(H,14,16)(H,17,18)/t9-/m0/s1. The van der Waals surface area contributed by atoms with Crippen LogP contribution in [0.2, 0.25) is 0 Å². The number of carbonyl (C=O) groups excluding carboxylic acids is 1. The highest BCUT2D eigenvalue weighted by atomic mass is 32.2. The lowest BCUT2D eigenvalue weighted by atomic mass is 10.1. The summed E-state index contributed by atoms with van der Waals surface area (Å²) < 4.78 is 0. The first kappa shape index (κ1) is 15.3. The minimum Gasteiger partial charge on any atom is -0.507 e. The van der Waals surface area contributed by atoms with Gasteiger partial charge in [0.05, 0.1) is 6.04 Å². The summed E-state index contributed by atoms with van der Waals surface area (Å²) in [6.45, 7) is 0. The van der Waals surface area contributed by atoms with E-state index < -0.39 is 17.8 Å². The van der Waals surface area contributed by atoms with Crippen molar-refractivity contribution >= 4 is 29.3 Å². The molecule has 0 aliphatic carbocycles. The highest BCUT2D eigenvalue weighted by Crippen LogP contribution is 2.22. The summed E-state index contributed by atoms with van der Waals surface area (Å²) in [6.07, 6.45) is 2.47. The van der Waals surface area contributed by atoms with Gasteiger partial charge in [-0.3, -0.25) is 4.79 Å². The van der Waals surface area contributed by atoms with Crippen molar-refractivity contribution in [1.82, 2.24) is 0 Å². The van der Waals surface area contributed by atoms with Gasteiger partial charge in [-0.2, -0.15) is 11.8 Å². The van der Waals surface area contributed by atoms with E-state index in [2.05, 4.69) is 5.32 Å². The topological polar surface area (TPSA) is 113 Å². The van der Waals surface area contributed by atoms with Crippen LogP contribution in [0.5, 0.6) is 5.75 Å². The van der Waals surface area contributed by atoms with E-state index in [0.717, 1.165) is 5.75 Å². The van der Waals surface area contributed by atoms with Crippen LogP contribution in [0.15, 0.2) is 18.2 Å². The fraction of sp³-hybridized carbons (Fsp3) is 0.333. The van der Waals surface area contributed by atoms with Crippen molar-refractivity contribution in [3.63, 3.8) is 0 Å². The van der Waals surface area contributed by atoms with Crippen LogP contribution in [0.4, 0.5) is 5.69 Å². The fourth-order valence-electron chi connectivity index (χ4n) is 1.40. The second-order valence-corrected chi connectivity index (χ2v) is 4.90. The summed E-state index contributed by atoms with van der Waals surface area (Å²) in [7, 11) is 0. The Morgan fingerprint density at radius 2 is 2.16 bits per heavy atom. The predicted octanol–water partition coefficient (Wildman–Crippen LogP) is 1.11. The number of aromatic carboxylic acids is 1. The summed E-state index contributed by atoms with van der Waals surface area (Å²) in [5.74, 6) is -1.22. The second-order valence-electron chi connectivity index (χ2n) is 3.91. The maximum absolute atomic E-state index is 11.7. The normalized spacial score (nSPS) is 11.9. The molecule has 0 aliphatic heterocycles. The summed E-state index contributed by atoms with van der Waals surface area (Å²) in [6, 6.07) is 3.18. The van der Waals surface area contributed by atoms with Crippen LogP contribution in [0, 0.1) is 0 Å².